The second kappa shape index (κ2) is 4.86. The number of benzene rings is 1. The first-order chi connectivity index (χ1) is 6.75. The van der Waals surface area contributed by atoms with Gasteiger partial charge in [0.1, 0.15) is 0 Å². The minimum Gasteiger partial charge on any atom is -0.302 e. The van der Waals surface area contributed by atoms with Gasteiger partial charge in [0.25, 0.3) is 0 Å². The second-order valence-corrected chi connectivity index (χ2v) is 6.42. The summed E-state index contributed by atoms with van der Waals surface area (Å²) in [6.45, 7) is 3.46. The molecule has 2 unspecified atom stereocenters. The summed E-state index contributed by atoms with van der Waals surface area (Å²) in [5, 5.41) is 4.82. The van der Waals surface area contributed by atoms with Crippen molar-refractivity contribution < 1.29 is 0 Å². The average Bonchev–Trinajstić information content (AvgIpc) is 2.18. The van der Waals surface area contributed by atoms with Gasteiger partial charge in [-0.15, -0.1) is 11.8 Å². The van der Waals surface area contributed by atoms with Crippen LogP contribution in [0.1, 0.15) is 24.3 Å². The Balaban J connectivity index is 2.14. The molecule has 1 heterocycles. The molecule has 0 radical (unpaired) electrons. The van der Waals surface area contributed by atoms with Crippen molar-refractivity contribution in [2.45, 2.75) is 24.0 Å². The Labute approximate surface area is 103 Å². The fourth-order valence-electron chi connectivity index (χ4n) is 1.63. The van der Waals surface area contributed by atoms with Gasteiger partial charge in [-0.05, 0) is 53.3 Å². The van der Waals surface area contributed by atoms with Crippen LogP contribution in [0, 0.1) is 3.57 Å². The van der Waals surface area contributed by atoms with Crippen LogP contribution in [0.4, 0.5) is 0 Å². The first kappa shape index (κ1) is 10.8. The van der Waals surface area contributed by atoms with Gasteiger partial charge < -0.3 is 5.32 Å². The van der Waals surface area contributed by atoms with E-state index in [4.69, 9.17) is 0 Å². The number of halogens is 1. The van der Waals surface area contributed by atoms with E-state index in [0.717, 1.165) is 11.8 Å². The monoisotopic (exact) mass is 319 g/mol. The van der Waals surface area contributed by atoms with Gasteiger partial charge in [0.2, 0.25) is 0 Å². The molecule has 3 heteroatoms. The molecular formula is C11H14INS. The fraction of sp³-hybridized carbons (Fsp3) is 0.455. The summed E-state index contributed by atoms with van der Waals surface area (Å²) >= 11 is 4.40. The third-order valence-corrected chi connectivity index (χ3v) is 4.48. The van der Waals surface area contributed by atoms with E-state index in [1.165, 1.54) is 15.6 Å². The van der Waals surface area contributed by atoms with Crippen LogP contribution in [0.2, 0.25) is 0 Å². The molecule has 2 atom stereocenters. The largest absolute Gasteiger partial charge is 0.302 e. The van der Waals surface area contributed by atoms with Crippen LogP contribution in [0.5, 0.6) is 0 Å². The van der Waals surface area contributed by atoms with E-state index in [9.17, 15) is 0 Å². The van der Waals surface area contributed by atoms with Crippen LogP contribution in [0.25, 0.3) is 0 Å². The number of thioether (sulfide) groups is 1. The van der Waals surface area contributed by atoms with E-state index in [1.807, 2.05) is 11.8 Å². The molecule has 1 aliphatic heterocycles. The molecule has 0 aromatic heterocycles. The van der Waals surface area contributed by atoms with Crippen molar-refractivity contribution in [2.75, 3.05) is 6.54 Å². The predicted octanol–water partition coefficient (Wildman–Crippen LogP) is 3.40. The standard InChI is InChI=1S/C11H14INS/c1-8-5-6-13-11(14-8)9-3-2-4-10(12)7-9/h2-4,7-8,11,13H,5-6H2,1H3. The lowest BCUT2D eigenvalue weighted by atomic mass is 10.2. The molecule has 0 saturated carbocycles. The molecule has 14 heavy (non-hydrogen) atoms. The maximum absolute atomic E-state index is 3.55. The van der Waals surface area contributed by atoms with E-state index < -0.39 is 0 Å². The highest BCUT2D eigenvalue weighted by Gasteiger charge is 2.19. The van der Waals surface area contributed by atoms with Gasteiger partial charge in [0.05, 0.1) is 5.37 Å². The van der Waals surface area contributed by atoms with E-state index >= 15 is 0 Å². The van der Waals surface area contributed by atoms with Crippen LogP contribution < -0.4 is 5.32 Å². The van der Waals surface area contributed by atoms with Crippen molar-refractivity contribution in [1.29, 1.82) is 0 Å². The van der Waals surface area contributed by atoms with Gasteiger partial charge in [-0.25, -0.2) is 0 Å². The summed E-state index contributed by atoms with van der Waals surface area (Å²) in [6, 6.07) is 8.76. The molecule has 1 saturated heterocycles. The molecule has 0 aliphatic carbocycles. The smallest absolute Gasteiger partial charge is 0.0792 e. The van der Waals surface area contributed by atoms with E-state index in [-0.39, 0.29) is 0 Å². The third-order valence-electron chi connectivity index (χ3n) is 2.40. The summed E-state index contributed by atoms with van der Waals surface area (Å²) in [5.74, 6) is 0. The summed E-state index contributed by atoms with van der Waals surface area (Å²) < 4.78 is 1.32. The molecule has 1 aromatic carbocycles. The van der Waals surface area contributed by atoms with E-state index in [2.05, 4.69) is 59.1 Å². The Morgan fingerprint density at radius 1 is 1.50 bits per heavy atom. The highest BCUT2D eigenvalue weighted by atomic mass is 127. The Bertz CT molecular complexity index is 316. The zero-order chi connectivity index (χ0) is 9.97. The maximum Gasteiger partial charge on any atom is 0.0792 e. The molecular weight excluding hydrogens is 305 g/mol. The van der Waals surface area contributed by atoms with Crippen LogP contribution >= 0.6 is 34.4 Å². The minimum atomic E-state index is 0.494. The lowest BCUT2D eigenvalue weighted by Gasteiger charge is -2.28. The first-order valence-electron chi connectivity index (χ1n) is 4.90. The first-order valence-corrected chi connectivity index (χ1v) is 6.92. The zero-order valence-corrected chi connectivity index (χ0v) is 11.1. The molecule has 1 aliphatic rings. The number of hydrogen-bond acceptors (Lipinski definition) is 2. The minimum absolute atomic E-state index is 0.494. The van der Waals surface area contributed by atoms with Crippen molar-refractivity contribution in [3.05, 3.63) is 33.4 Å². The molecule has 76 valence electrons. The second-order valence-electron chi connectivity index (χ2n) is 3.62. The molecule has 1 fully saturated rings. The lowest BCUT2D eigenvalue weighted by Crippen LogP contribution is -2.28. The summed E-state index contributed by atoms with van der Waals surface area (Å²) in [7, 11) is 0. The van der Waals surface area contributed by atoms with Crippen molar-refractivity contribution in [3.63, 3.8) is 0 Å². The molecule has 0 bridgehead atoms. The van der Waals surface area contributed by atoms with Crippen LogP contribution in [0.15, 0.2) is 24.3 Å². The van der Waals surface area contributed by atoms with Gasteiger partial charge in [0, 0.05) is 8.82 Å². The maximum atomic E-state index is 3.55. The van der Waals surface area contributed by atoms with Crippen LogP contribution in [0.3, 0.4) is 0 Å². The number of nitrogens with one attached hydrogen (secondary N) is 1. The van der Waals surface area contributed by atoms with Crippen LogP contribution in [-0.4, -0.2) is 11.8 Å². The Morgan fingerprint density at radius 3 is 3.07 bits per heavy atom. The highest BCUT2D eigenvalue weighted by molar-refractivity contribution is 14.1. The predicted molar refractivity (Wildman–Crippen MR) is 71.6 cm³/mol. The molecule has 0 amide bonds. The topological polar surface area (TPSA) is 12.0 Å². The molecule has 1 N–H and O–H groups in total. The SMILES string of the molecule is CC1CCNC(c2cccc(I)c2)S1. The van der Waals surface area contributed by atoms with Gasteiger partial charge in [-0.1, -0.05) is 19.1 Å². The normalized spacial score (nSPS) is 27.6. The Hall–Kier alpha value is 0.260. The molecule has 2 rings (SSSR count). The highest BCUT2D eigenvalue weighted by Crippen LogP contribution is 2.34. The van der Waals surface area contributed by atoms with Crippen molar-refractivity contribution in [2.24, 2.45) is 0 Å². The summed E-state index contributed by atoms with van der Waals surface area (Å²) in [6.07, 6.45) is 1.28. The van der Waals surface area contributed by atoms with E-state index in [0.29, 0.717) is 5.37 Å². The van der Waals surface area contributed by atoms with Gasteiger partial charge in [0.15, 0.2) is 0 Å². The average molecular weight is 319 g/mol. The van der Waals surface area contributed by atoms with Gasteiger partial charge in [-0.2, -0.15) is 0 Å². The molecule has 0 spiro atoms. The third kappa shape index (κ3) is 2.64. The van der Waals surface area contributed by atoms with Crippen molar-refractivity contribution in [3.8, 4) is 0 Å². The quantitative estimate of drug-likeness (QED) is 0.796. The molecule has 1 nitrogen and oxygen atoms in total. The zero-order valence-electron chi connectivity index (χ0n) is 8.16. The summed E-state index contributed by atoms with van der Waals surface area (Å²) in [5.41, 5.74) is 1.41. The lowest BCUT2D eigenvalue weighted by molar-refractivity contribution is 0.605. The van der Waals surface area contributed by atoms with E-state index in [1.54, 1.807) is 0 Å². The fourth-order valence-corrected chi connectivity index (χ4v) is 3.44. The number of hydrogen-bond donors (Lipinski definition) is 1. The van der Waals surface area contributed by atoms with Gasteiger partial charge >= 0.3 is 0 Å². The van der Waals surface area contributed by atoms with Gasteiger partial charge in [-0.3, -0.25) is 0 Å². The van der Waals surface area contributed by atoms with Crippen LogP contribution in [-0.2, 0) is 0 Å². The Kier molecular flexibility index (Phi) is 3.73. The molecule has 1 aromatic rings. The summed E-state index contributed by atoms with van der Waals surface area (Å²) in [4.78, 5) is 0. The van der Waals surface area contributed by atoms with Crippen molar-refractivity contribution >= 4 is 34.4 Å². The van der Waals surface area contributed by atoms with Crippen molar-refractivity contribution in [1.82, 2.24) is 5.32 Å². The Morgan fingerprint density at radius 2 is 2.36 bits per heavy atom. The number of rotatable bonds is 1.